The van der Waals surface area contributed by atoms with E-state index < -0.39 is 23.6 Å². The molecule has 0 aliphatic rings. The van der Waals surface area contributed by atoms with Crippen molar-refractivity contribution in [2.75, 3.05) is 7.11 Å². The number of nitrogens with one attached hydrogen (secondary N) is 1. The van der Waals surface area contributed by atoms with Crippen molar-refractivity contribution < 1.29 is 18.3 Å². The van der Waals surface area contributed by atoms with Gasteiger partial charge in [-0.1, -0.05) is 30.3 Å². The first-order valence-corrected chi connectivity index (χ1v) is 6.41. The molecule has 21 heavy (non-hydrogen) atoms. The molecule has 0 spiro atoms. The molecule has 1 atom stereocenters. The maximum atomic E-state index is 13.1. The molecule has 3 nitrogen and oxygen atoms in total. The van der Waals surface area contributed by atoms with Gasteiger partial charge in [0, 0.05) is 12.6 Å². The fourth-order valence-electron chi connectivity index (χ4n) is 2.03. The second-order valence-electron chi connectivity index (χ2n) is 4.53. The smallest absolute Gasteiger partial charge is 0.327 e. The molecule has 0 amide bonds. The largest absolute Gasteiger partial charge is 0.468 e. The van der Waals surface area contributed by atoms with Crippen LogP contribution in [0.25, 0.3) is 0 Å². The minimum absolute atomic E-state index is 0.142. The number of halogens is 2. The SMILES string of the molecule is COC(=O)C(NCc1cc(F)cc(F)c1)c1ccccc1. The summed E-state index contributed by atoms with van der Waals surface area (Å²) in [5, 5.41) is 2.95. The summed E-state index contributed by atoms with van der Waals surface area (Å²) in [6, 6.07) is 11.5. The highest BCUT2D eigenvalue weighted by Crippen LogP contribution is 2.16. The van der Waals surface area contributed by atoms with Crippen molar-refractivity contribution in [3.8, 4) is 0 Å². The molecule has 0 aliphatic heterocycles. The molecular formula is C16H15F2NO2. The molecule has 0 saturated heterocycles. The Bertz CT molecular complexity index is 597. The van der Waals surface area contributed by atoms with Crippen LogP contribution in [0.1, 0.15) is 17.2 Å². The van der Waals surface area contributed by atoms with Gasteiger partial charge in [0.05, 0.1) is 7.11 Å². The van der Waals surface area contributed by atoms with Crippen molar-refractivity contribution in [2.45, 2.75) is 12.6 Å². The summed E-state index contributed by atoms with van der Waals surface area (Å²) in [5.41, 5.74) is 1.14. The zero-order chi connectivity index (χ0) is 15.2. The minimum atomic E-state index is -0.692. The predicted octanol–water partition coefficient (Wildman–Crippen LogP) is 2.97. The van der Waals surface area contributed by atoms with Crippen molar-refractivity contribution in [2.24, 2.45) is 0 Å². The highest BCUT2D eigenvalue weighted by molar-refractivity contribution is 5.77. The number of rotatable bonds is 5. The van der Waals surface area contributed by atoms with Crippen LogP contribution in [0.3, 0.4) is 0 Å². The van der Waals surface area contributed by atoms with E-state index in [9.17, 15) is 13.6 Å². The van der Waals surface area contributed by atoms with E-state index in [0.29, 0.717) is 5.56 Å². The molecule has 110 valence electrons. The van der Waals surface area contributed by atoms with Gasteiger partial charge in [0.2, 0.25) is 0 Å². The first kappa shape index (κ1) is 15.1. The van der Waals surface area contributed by atoms with Crippen molar-refractivity contribution in [1.29, 1.82) is 0 Å². The zero-order valence-corrected chi connectivity index (χ0v) is 11.5. The molecule has 5 heteroatoms. The Hall–Kier alpha value is -2.27. The number of benzene rings is 2. The zero-order valence-electron chi connectivity index (χ0n) is 11.5. The van der Waals surface area contributed by atoms with Crippen LogP contribution < -0.4 is 5.32 Å². The van der Waals surface area contributed by atoms with Crippen molar-refractivity contribution in [3.05, 3.63) is 71.3 Å². The lowest BCUT2D eigenvalue weighted by Gasteiger charge is -2.17. The lowest BCUT2D eigenvalue weighted by molar-refractivity contribution is -0.143. The molecule has 0 radical (unpaired) electrons. The highest BCUT2D eigenvalue weighted by Gasteiger charge is 2.20. The quantitative estimate of drug-likeness (QED) is 0.861. The number of hydrogen-bond acceptors (Lipinski definition) is 3. The van der Waals surface area contributed by atoms with Gasteiger partial charge in [-0.05, 0) is 23.3 Å². The van der Waals surface area contributed by atoms with Gasteiger partial charge in [0.25, 0.3) is 0 Å². The molecule has 1 unspecified atom stereocenters. The second kappa shape index (κ2) is 6.95. The van der Waals surface area contributed by atoms with Crippen LogP contribution in [0.15, 0.2) is 48.5 Å². The number of carbonyl (C=O) groups excluding carboxylic acids is 1. The van der Waals surface area contributed by atoms with Gasteiger partial charge < -0.3 is 4.74 Å². The van der Waals surface area contributed by atoms with Crippen LogP contribution in [0.5, 0.6) is 0 Å². The molecule has 0 heterocycles. The fraction of sp³-hybridized carbons (Fsp3) is 0.188. The van der Waals surface area contributed by atoms with E-state index in [-0.39, 0.29) is 6.54 Å². The lowest BCUT2D eigenvalue weighted by atomic mass is 10.1. The van der Waals surface area contributed by atoms with Gasteiger partial charge in [0.15, 0.2) is 0 Å². The molecular weight excluding hydrogens is 276 g/mol. The molecule has 2 aromatic carbocycles. The molecule has 0 saturated carbocycles. The second-order valence-corrected chi connectivity index (χ2v) is 4.53. The van der Waals surface area contributed by atoms with E-state index in [1.54, 1.807) is 24.3 Å². The first-order chi connectivity index (χ1) is 10.1. The van der Waals surface area contributed by atoms with Gasteiger partial charge in [-0.25, -0.2) is 13.6 Å². The van der Waals surface area contributed by atoms with Crippen molar-refractivity contribution >= 4 is 5.97 Å². The Morgan fingerprint density at radius 3 is 2.33 bits per heavy atom. The van der Waals surface area contributed by atoms with Crippen LogP contribution in [0, 0.1) is 11.6 Å². The third-order valence-corrected chi connectivity index (χ3v) is 3.00. The Morgan fingerprint density at radius 2 is 1.76 bits per heavy atom. The third kappa shape index (κ3) is 4.10. The standard InChI is InChI=1S/C16H15F2NO2/c1-21-16(20)15(12-5-3-2-4-6-12)19-10-11-7-13(17)9-14(18)8-11/h2-9,15,19H,10H2,1H3. The number of hydrogen-bond donors (Lipinski definition) is 1. The normalized spacial score (nSPS) is 12.0. The van der Waals surface area contributed by atoms with Crippen LogP contribution >= 0.6 is 0 Å². The van der Waals surface area contributed by atoms with Gasteiger partial charge >= 0.3 is 5.97 Å². The molecule has 1 N–H and O–H groups in total. The maximum absolute atomic E-state index is 13.1. The Labute approximate surface area is 121 Å². The van der Waals surface area contributed by atoms with Gasteiger partial charge in [-0.2, -0.15) is 0 Å². The molecule has 0 aromatic heterocycles. The summed E-state index contributed by atoms with van der Waals surface area (Å²) in [5.74, 6) is -1.76. The van der Waals surface area contributed by atoms with E-state index in [1.807, 2.05) is 6.07 Å². The summed E-state index contributed by atoms with van der Waals surface area (Å²) in [6.07, 6.45) is 0. The monoisotopic (exact) mass is 291 g/mol. The molecule has 0 fully saturated rings. The number of carbonyl (C=O) groups is 1. The first-order valence-electron chi connectivity index (χ1n) is 6.41. The predicted molar refractivity (Wildman–Crippen MR) is 74.4 cm³/mol. The summed E-state index contributed by atoms with van der Waals surface area (Å²) in [6.45, 7) is 0.142. The summed E-state index contributed by atoms with van der Waals surface area (Å²) < 4.78 is 31.0. The van der Waals surface area contributed by atoms with Crippen molar-refractivity contribution in [3.63, 3.8) is 0 Å². The topological polar surface area (TPSA) is 38.3 Å². The number of esters is 1. The average molecular weight is 291 g/mol. The molecule has 0 aliphatic carbocycles. The van der Waals surface area contributed by atoms with Gasteiger partial charge in [0.1, 0.15) is 17.7 Å². The Kier molecular flexibility index (Phi) is 5.00. The molecule has 2 rings (SSSR count). The van der Waals surface area contributed by atoms with E-state index in [0.717, 1.165) is 11.6 Å². The van der Waals surface area contributed by atoms with E-state index in [2.05, 4.69) is 5.32 Å². The third-order valence-electron chi connectivity index (χ3n) is 3.00. The van der Waals surface area contributed by atoms with Crippen LogP contribution in [0.2, 0.25) is 0 Å². The van der Waals surface area contributed by atoms with Gasteiger partial charge in [-0.15, -0.1) is 0 Å². The van der Waals surface area contributed by atoms with E-state index in [1.165, 1.54) is 19.2 Å². The number of ether oxygens (including phenoxy) is 1. The molecule has 2 aromatic rings. The summed E-state index contributed by atoms with van der Waals surface area (Å²) in [4.78, 5) is 11.8. The average Bonchev–Trinajstić information content (AvgIpc) is 2.47. The van der Waals surface area contributed by atoms with E-state index >= 15 is 0 Å². The van der Waals surface area contributed by atoms with Crippen LogP contribution in [0.4, 0.5) is 8.78 Å². The highest BCUT2D eigenvalue weighted by atomic mass is 19.1. The fourth-order valence-corrected chi connectivity index (χ4v) is 2.03. The lowest BCUT2D eigenvalue weighted by Crippen LogP contribution is -2.29. The number of methoxy groups -OCH3 is 1. The minimum Gasteiger partial charge on any atom is -0.468 e. The molecule has 0 bridgehead atoms. The Morgan fingerprint density at radius 1 is 1.14 bits per heavy atom. The van der Waals surface area contributed by atoms with Crippen molar-refractivity contribution in [1.82, 2.24) is 5.32 Å². The summed E-state index contributed by atoms with van der Waals surface area (Å²) >= 11 is 0. The summed E-state index contributed by atoms with van der Waals surface area (Å²) in [7, 11) is 1.29. The van der Waals surface area contributed by atoms with Crippen LogP contribution in [-0.4, -0.2) is 13.1 Å². The maximum Gasteiger partial charge on any atom is 0.327 e. The Balaban J connectivity index is 2.14. The van der Waals surface area contributed by atoms with E-state index in [4.69, 9.17) is 4.74 Å². The van der Waals surface area contributed by atoms with Gasteiger partial charge in [-0.3, -0.25) is 5.32 Å². The van der Waals surface area contributed by atoms with Crippen LogP contribution in [-0.2, 0) is 16.1 Å².